The number of benzene rings is 3. The van der Waals surface area contributed by atoms with Crippen LogP contribution in [0.3, 0.4) is 0 Å². The number of carboxylic acid groups (broad SMARTS) is 1. The van der Waals surface area contributed by atoms with Crippen LogP contribution in [0.4, 0.5) is 31.1 Å². The molecule has 0 spiro atoms. The summed E-state index contributed by atoms with van der Waals surface area (Å²) >= 11 is 0. The average molecular weight is 610 g/mol. The summed E-state index contributed by atoms with van der Waals surface area (Å²) in [6.07, 6.45) is -14.1. The van der Waals surface area contributed by atoms with Crippen LogP contribution in [0.15, 0.2) is 54.6 Å². The number of nitrogens with zero attached hydrogens (tertiary/aromatic N) is 1. The van der Waals surface area contributed by atoms with Crippen LogP contribution >= 0.6 is 0 Å². The molecule has 0 aromatic heterocycles. The first-order valence-corrected chi connectivity index (χ1v) is 13.2. The standard InChI is InChI=1S/C31H29F6NO5/c1-17-10-12-19(13-11-17)22-23(26(27(39)40)43-29(2,3)4)25(31(35,36)37)21-15-38(14-20(21)24(22)30(32,33)34)28(41)42-16-18-8-6-5-7-9-18/h5-13,26H,14-16H2,1-4H3,(H,39,40)/t26-/m0/s1. The summed E-state index contributed by atoms with van der Waals surface area (Å²) in [7, 11) is 0. The molecule has 1 aliphatic rings. The maximum Gasteiger partial charge on any atom is 0.417 e. The van der Waals surface area contributed by atoms with E-state index in [9.17, 15) is 41.0 Å². The van der Waals surface area contributed by atoms with Crippen molar-refractivity contribution in [2.75, 3.05) is 0 Å². The minimum absolute atomic E-state index is 0.259. The molecule has 0 bridgehead atoms. The predicted octanol–water partition coefficient (Wildman–Crippen LogP) is 8.29. The molecular formula is C31H29F6NO5. The Morgan fingerprint density at radius 1 is 0.860 bits per heavy atom. The van der Waals surface area contributed by atoms with Gasteiger partial charge in [-0.3, -0.25) is 4.90 Å². The van der Waals surface area contributed by atoms with Gasteiger partial charge in [-0.25, -0.2) is 9.59 Å². The van der Waals surface area contributed by atoms with E-state index < -0.39 is 82.6 Å². The lowest BCUT2D eigenvalue weighted by Gasteiger charge is -2.31. The molecule has 43 heavy (non-hydrogen) atoms. The summed E-state index contributed by atoms with van der Waals surface area (Å²) in [6.45, 7) is 3.80. The van der Waals surface area contributed by atoms with Gasteiger partial charge in [-0.2, -0.15) is 26.3 Å². The van der Waals surface area contributed by atoms with Gasteiger partial charge in [0.05, 0.1) is 29.8 Å². The van der Waals surface area contributed by atoms with Gasteiger partial charge in [0.1, 0.15) is 6.61 Å². The molecule has 230 valence electrons. The number of hydrogen-bond acceptors (Lipinski definition) is 4. The molecule has 3 aromatic carbocycles. The monoisotopic (exact) mass is 609 g/mol. The van der Waals surface area contributed by atoms with Gasteiger partial charge in [-0.15, -0.1) is 0 Å². The highest BCUT2D eigenvalue weighted by atomic mass is 19.4. The number of aliphatic carboxylic acids is 1. The highest BCUT2D eigenvalue weighted by molar-refractivity contribution is 5.85. The minimum Gasteiger partial charge on any atom is -0.479 e. The molecule has 12 heteroatoms. The van der Waals surface area contributed by atoms with Gasteiger partial charge in [0.15, 0.2) is 6.10 Å². The lowest BCUT2D eigenvalue weighted by molar-refractivity contribution is -0.163. The number of alkyl halides is 6. The number of carbonyl (C=O) groups is 2. The Balaban J connectivity index is 2.02. The van der Waals surface area contributed by atoms with Crippen LogP contribution < -0.4 is 0 Å². The van der Waals surface area contributed by atoms with Crippen LogP contribution in [0, 0.1) is 6.92 Å². The number of hydrogen-bond donors (Lipinski definition) is 1. The zero-order valence-electron chi connectivity index (χ0n) is 23.7. The molecule has 4 rings (SSSR count). The van der Waals surface area contributed by atoms with E-state index in [1.165, 1.54) is 45.0 Å². The number of aryl methyl sites for hydroxylation is 1. The first-order valence-electron chi connectivity index (χ1n) is 13.2. The van der Waals surface area contributed by atoms with Crippen molar-refractivity contribution >= 4 is 12.1 Å². The van der Waals surface area contributed by atoms with Gasteiger partial charge in [0.2, 0.25) is 0 Å². The summed E-state index contributed by atoms with van der Waals surface area (Å²) in [5.74, 6) is -1.90. The molecule has 1 amide bonds. The van der Waals surface area contributed by atoms with E-state index in [4.69, 9.17) is 9.47 Å². The van der Waals surface area contributed by atoms with Gasteiger partial charge in [-0.05, 0) is 49.9 Å². The van der Waals surface area contributed by atoms with E-state index in [-0.39, 0.29) is 12.2 Å². The van der Waals surface area contributed by atoms with Crippen LogP contribution in [0.25, 0.3) is 11.1 Å². The summed E-state index contributed by atoms with van der Waals surface area (Å²) in [5, 5.41) is 10.1. The van der Waals surface area contributed by atoms with Gasteiger partial charge in [-0.1, -0.05) is 60.2 Å². The largest absolute Gasteiger partial charge is 0.479 e. The molecule has 0 aliphatic carbocycles. The van der Waals surface area contributed by atoms with Crippen LogP contribution in [0.1, 0.15) is 65.8 Å². The summed E-state index contributed by atoms with van der Waals surface area (Å²) < 4.78 is 101. The maximum atomic E-state index is 15.0. The number of fused-ring (bicyclic) bond motifs is 1. The summed E-state index contributed by atoms with van der Waals surface area (Å²) in [5.41, 5.74) is -7.29. The number of carboxylic acids is 1. The van der Waals surface area contributed by atoms with Crippen molar-refractivity contribution in [1.82, 2.24) is 4.90 Å². The zero-order valence-corrected chi connectivity index (χ0v) is 23.7. The summed E-state index contributed by atoms with van der Waals surface area (Å²) in [4.78, 5) is 26.2. The Morgan fingerprint density at radius 2 is 1.40 bits per heavy atom. The highest BCUT2D eigenvalue weighted by Gasteiger charge is 2.51. The van der Waals surface area contributed by atoms with E-state index in [0.717, 1.165) is 4.90 Å². The van der Waals surface area contributed by atoms with E-state index >= 15 is 0 Å². The Labute approximate surface area is 243 Å². The highest BCUT2D eigenvalue weighted by Crippen LogP contribution is 2.53. The number of halogens is 6. The molecule has 0 unspecified atom stereocenters. The Kier molecular flexibility index (Phi) is 8.56. The third-order valence-corrected chi connectivity index (χ3v) is 6.78. The van der Waals surface area contributed by atoms with Crippen LogP contribution in [0.5, 0.6) is 0 Å². The van der Waals surface area contributed by atoms with Gasteiger partial charge in [0, 0.05) is 11.1 Å². The third-order valence-electron chi connectivity index (χ3n) is 6.78. The number of carbonyl (C=O) groups excluding carboxylic acids is 1. The van der Waals surface area contributed by atoms with E-state index in [2.05, 4.69) is 0 Å². The van der Waals surface area contributed by atoms with Crippen molar-refractivity contribution < 1.29 is 50.5 Å². The molecule has 1 atom stereocenters. The first-order chi connectivity index (χ1) is 19.9. The topological polar surface area (TPSA) is 76.1 Å². The predicted molar refractivity (Wildman–Crippen MR) is 144 cm³/mol. The second kappa shape index (κ2) is 11.6. The number of amides is 1. The van der Waals surface area contributed by atoms with E-state index in [1.807, 2.05) is 0 Å². The van der Waals surface area contributed by atoms with Gasteiger partial charge in [0.25, 0.3) is 0 Å². The molecule has 3 aromatic rings. The average Bonchev–Trinajstić information content (AvgIpc) is 3.32. The molecule has 6 nitrogen and oxygen atoms in total. The Hall–Kier alpha value is -4.06. The third kappa shape index (κ3) is 6.96. The lowest BCUT2D eigenvalue weighted by atomic mass is 9.81. The number of rotatable bonds is 6. The quantitative estimate of drug-likeness (QED) is 0.285. The fraction of sp³-hybridized carbons (Fsp3) is 0.355. The van der Waals surface area contributed by atoms with Crippen molar-refractivity contribution in [3.63, 3.8) is 0 Å². The molecule has 0 radical (unpaired) electrons. The van der Waals surface area contributed by atoms with Gasteiger partial charge >= 0.3 is 24.4 Å². The van der Waals surface area contributed by atoms with Crippen LogP contribution in [-0.2, 0) is 46.3 Å². The fourth-order valence-corrected chi connectivity index (χ4v) is 5.11. The molecule has 0 fully saturated rings. The molecule has 1 heterocycles. The number of ether oxygens (including phenoxy) is 2. The fourth-order valence-electron chi connectivity index (χ4n) is 5.11. The molecule has 0 saturated carbocycles. The second-order valence-electron chi connectivity index (χ2n) is 11.2. The normalized spacial score (nSPS) is 14.4. The van der Waals surface area contributed by atoms with Crippen LogP contribution in [-0.4, -0.2) is 27.7 Å². The Bertz CT molecular complexity index is 1510. The van der Waals surface area contributed by atoms with Crippen molar-refractivity contribution in [2.45, 2.75) is 71.4 Å². The van der Waals surface area contributed by atoms with Crippen LogP contribution in [0.2, 0.25) is 0 Å². The SMILES string of the molecule is Cc1ccc(-c2c([C@H](OC(C)(C)C)C(=O)O)c(C(F)(F)F)c3c(c2C(F)(F)F)CN(C(=O)OCc2ccccc2)C3)cc1. The van der Waals surface area contributed by atoms with Gasteiger partial charge < -0.3 is 14.6 Å². The molecule has 0 saturated heterocycles. The van der Waals surface area contributed by atoms with E-state index in [0.29, 0.717) is 11.1 Å². The van der Waals surface area contributed by atoms with Crippen molar-refractivity contribution in [3.8, 4) is 11.1 Å². The molecular weight excluding hydrogens is 580 g/mol. The molecule has 1 N–H and O–H groups in total. The van der Waals surface area contributed by atoms with E-state index in [1.54, 1.807) is 37.3 Å². The summed E-state index contributed by atoms with van der Waals surface area (Å²) in [6, 6.07) is 13.6. The van der Waals surface area contributed by atoms with Crippen molar-refractivity contribution in [1.29, 1.82) is 0 Å². The zero-order chi connectivity index (χ0) is 31.9. The smallest absolute Gasteiger partial charge is 0.417 e. The van der Waals surface area contributed by atoms with Crippen molar-refractivity contribution in [3.05, 3.63) is 93.5 Å². The second-order valence-corrected chi connectivity index (χ2v) is 11.2. The minimum atomic E-state index is -5.32. The first kappa shape index (κ1) is 31.9. The van der Waals surface area contributed by atoms with Crippen molar-refractivity contribution in [2.24, 2.45) is 0 Å². The molecule has 1 aliphatic heterocycles. The Morgan fingerprint density at radius 3 is 1.88 bits per heavy atom. The lowest BCUT2D eigenvalue weighted by Crippen LogP contribution is -2.31. The maximum absolute atomic E-state index is 15.0.